The van der Waals surface area contributed by atoms with Gasteiger partial charge in [0, 0.05) is 11.5 Å². The van der Waals surface area contributed by atoms with Crippen LogP contribution in [0.2, 0.25) is 0 Å². The molecule has 6 nitrogen and oxygen atoms in total. The SMILES string of the molecule is C[C@@H]1CC[C@@H](C(C)(C)c2ccccc2)[C@H](OC(=O)[C@](C)(CC(=O)OC(C)(C)C)NC(=O)c2ccccc2)C1. The lowest BCUT2D eigenvalue weighted by atomic mass is 9.64. The van der Waals surface area contributed by atoms with E-state index in [0.29, 0.717) is 11.5 Å². The number of amides is 1. The molecule has 1 aliphatic rings. The molecule has 0 unspecified atom stereocenters. The number of rotatable bonds is 8. The van der Waals surface area contributed by atoms with Gasteiger partial charge in [0.15, 0.2) is 0 Å². The van der Waals surface area contributed by atoms with E-state index >= 15 is 0 Å². The first-order valence-corrected chi connectivity index (χ1v) is 13.6. The number of esters is 2. The number of hydrogen-bond donors (Lipinski definition) is 1. The molecule has 38 heavy (non-hydrogen) atoms. The molecule has 0 heterocycles. The van der Waals surface area contributed by atoms with Crippen molar-refractivity contribution in [1.29, 1.82) is 0 Å². The van der Waals surface area contributed by atoms with Gasteiger partial charge < -0.3 is 14.8 Å². The molecule has 0 aromatic heterocycles. The van der Waals surface area contributed by atoms with Crippen molar-refractivity contribution in [3.8, 4) is 0 Å². The van der Waals surface area contributed by atoms with Crippen LogP contribution in [-0.2, 0) is 24.5 Å². The van der Waals surface area contributed by atoms with E-state index in [1.165, 1.54) is 5.56 Å². The summed E-state index contributed by atoms with van der Waals surface area (Å²) in [4.78, 5) is 39.9. The van der Waals surface area contributed by atoms with Crippen LogP contribution in [0.15, 0.2) is 60.7 Å². The third-order valence-electron chi connectivity index (χ3n) is 7.55. The summed E-state index contributed by atoms with van der Waals surface area (Å²) < 4.78 is 11.8. The predicted octanol–water partition coefficient (Wildman–Crippen LogP) is 6.23. The van der Waals surface area contributed by atoms with E-state index in [-0.39, 0.29) is 23.9 Å². The molecule has 1 aliphatic carbocycles. The average molecular weight is 522 g/mol. The quantitative estimate of drug-likeness (QED) is 0.416. The summed E-state index contributed by atoms with van der Waals surface area (Å²) in [6.07, 6.45) is 2.00. The van der Waals surface area contributed by atoms with Crippen LogP contribution in [0.1, 0.15) is 90.1 Å². The molecule has 4 atom stereocenters. The summed E-state index contributed by atoms with van der Waals surface area (Å²) in [5, 5.41) is 2.80. The Morgan fingerprint density at radius 3 is 2.03 bits per heavy atom. The molecule has 0 radical (unpaired) electrons. The standard InChI is InChI=1S/C32H43NO5/c1-22-18-19-25(31(5,6)24-16-12-9-13-17-24)26(20-22)37-29(36)32(7,21-27(34)38-30(2,3)4)33-28(35)23-14-10-8-11-15-23/h8-17,22,25-26H,18-21H2,1-7H3,(H,33,35)/t22-,25-,26-,32+/m1/s1. The molecule has 6 heteroatoms. The van der Waals surface area contributed by atoms with E-state index < -0.39 is 29.0 Å². The monoisotopic (exact) mass is 521 g/mol. The van der Waals surface area contributed by atoms with Crippen LogP contribution in [0, 0.1) is 11.8 Å². The second-order valence-electron chi connectivity index (χ2n) is 12.5. The van der Waals surface area contributed by atoms with Crippen LogP contribution < -0.4 is 5.32 Å². The number of hydrogen-bond acceptors (Lipinski definition) is 5. The number of nitrogens with one attached hydrogen (secondary N) is 1. The third kappa shape index (κ3) is 7.46. The Labute approximate surface area is 227 Å². The molecule has 0 bridgehead atoms. The molecule has 206 valence electrons. The molecule has 0 saturated heterocycles. The second kappa shape index (κ2) is 11.7. The fourth-order valence-electron chi connectivity index (χ4n) is 5.38. The summed E-state index contributed by atoms with van der Waals surface area (Å²) in [7, 11) is 0. The van der Waals surface area contributed by atoms with Crippen molar-refractivity contribution in [2.75, 3.05) is 0 Å². The van der Waals surface area contributed by atoms with Crippen LogP contribution >= 0.6 is 0 Å². The predicted molar refractivity (Wildman–Crippen MR) is 149 cm³/mol. The van der Waals surface area contributed by atoms with E-state index in [9.17, 15) is 14.4 Å². The van der Waals surface area contributed by atoms with Gasteiger partial charge in [0.1, 0.15) is 17.2 Å². The maximum atomic E-state index is 13.9. The molecular weight excluding hydrogens is 478 g/mol. The summed E-state index contributed by atoms with van der Waals surface area (Å²) in [5.74, 6) is -1.18. The first kappa shape index (κ1) is 29.4. The van der Waals surface area contributed by atoms with Gasteiger partial charge in [-0.25, -0.2) is 4.79 Å². The molecular formula is C32H43NO5. The van der Waals surface area contributed by atoms with E-state index in [0.717, 1.165) is 19.3 Å². The van der Waals surface area contributed by atoms with Crippen LogP contribution in [0.4, 0.5) is 0 Å². The Balaban J connectivity index is 1.89. The minimum atomic E-state index is -1.60. The molecule has 3 rings (SSSR count). The van der Waals surface area contributed by atoms with Crippen molar-refractivity contribution in [2.45, 2.75) is 96.8 Å². The van der Waals surface area contributed by atoms with Gasteiger partial charge in [-0.2, -0.15) is 0 Å². The molecule has 1 fully saturated rings. The van der Waals surface area contributed by atoms with E-state index in [4.69, 9.17) is 9.47 Å². The van der Waals surface area contributed by atoms with Crippen molar-refractivity contribution in [3.05, 3.63) is 71.8 Å². The van der Waals surface area contributed by atoms with Gasteiger partial charge in [-0.1, -0.05) is 75.7 Å². The van der Waals surface area contributed by atoms with Gasteiger partial charge in [0.05, 0.1) is 6.42 Å². The van der Waals surface area contributed by atoms with E-state index in [2.05, 4.69) is 38.2 Å². The molecule has 0 spiro atoms. The highest BCUT2D eigenvalue weighted by Crippen LogP contribution is 2.44. The molecule has 2 aromatic rings. The maximum Gasteiger partial charge on any atom is 0.332 e. The van der Waals surface area contributed by atoms with Crippen LogP contribution in [0.25, 0.3) is 0 Å². The first-order chi connectivity index (χ1) is 17.7. The number of ether oxygens (including phenoxy) is 2. The summed E-state index contributed by atoms with van der Waals surface area (Å²) in [5.41, 5.74) is -0.979. The zero-order valence-corrected chi connectivity index (χ0v) is 23.9. The highest BCUT2D eigenvalue weighted by atomic mass is 16.6. The second-order valence-corrected chi connectivity index (χ2v) is 12.5. The Hall–Kier alpha value is -3.15. The first-order valence-electron chi connectivity index (χ1n) is 13.6. The third-order valence-corrected chi connectivity index (χ3v) is 7.55. The van der Waals surface area contributed by atoms with Crippen molar-refractivity contribution in [2.24, 2.45) is 11.8 Å². The highest BCUT2D eigenvalue weighted by Gasteiger charge is 2.46. The van der Waals surface area contributed by atoms with Gasteiger partial charge in [0.25, 0.3) is 5.91 Å². The van der Waals surface area contributed by atoms with Crippen molar-refractivity contribution >= 4 is 17.8 Å². The molecule has 2 aromatic carbocycles. The van der Waals surface area contributed by atoms with Crippen molar-refractivity contribution in [3.63, 3.8) is 0 Å². The zero-order chi connectivity index (χ0) is 28.1. The topological polar surface area (TPSA) is 81.7 Å². The summed E-state index contributed by atoms with van der Waals surface area (Å²) in [6.45, 7) is 13.4. The van der Waals surface area contributed by atoms with E-state index in [1.54, 1.807) is 52.0 Å². The fraction of sp³-hybridized carbons (Fsp3) is 0.531. The summed E-state index contributed by atoms with van der Waals surface area (Å²) in [6, 6.07) is 18.9. The molecule has 1 N–H and O–H groups in total. The average Bonchev–Trinajstić information content (AvgIpc) is 2.83. The zero-order valence-electron chi connectivity index (χ0n) is 23.9. The van der Waals surface area contributed by atoms with E-state index in [1.807, 2.05) is 24.3 Å². The number of carbonyl (C=O) groups is 3. The maximum absolute atomic E-state index is 13.9. The minimum absolute atomic E-state index is 0.0839. The fourth-order valence-corrected chi connectivity index (χ4v) is 5.38. The van der Waals surface area contributed by atoms with Gasteiger partial charge in [-0.15, -0.1) is 0 Å². The molecule has 0 aliphatic heterocycles. The molecule has 1 saturated carbocycles. The highest BCUT2D eigenvalue weighted by molar-refractivity contribution is 5.99. The number of carbonyl (C=O) groups excluding carboxylic acids is 3. The lowest BCUT2D eigenvalue weighted by Gasteiger charge is -2.44. The Kier molecular flexibility index (Phi) is 9.06. The van der Waals surface area contributed by atoms with Gasteiger partial charge in [-0.05, 0) is 69.6 Å². The van der Waals surface area contributed by atoms with Gasteiger partial charge in [-0.3, -0.25) is 9.59 Å². The lowest BCUT2D eigenvalue weighted by Crippen LogP contribution is -2.56. The lowest BCUT2D eigenvalue weighted by molar-refractivity contribution is -0.170. The van der Waals surface area contributed by atoms with Crippen molar-refractivity contribution in [1.82, 2.24) is 5.32 Å². The normalized spacial score (nSPS) is 21.6. The smallest absolute Gasteiger partial charge is 0.332 e. The van der Waals surface area contributed by atoms with Crippen molar-refractivity contribution < 1.29 is 23.9 Å². The van der Waals surface area contributed by atoms with Crippen LogP contribution in [-0.4, -0.2) is 35.1 Å². The number of benzene rings is 2. The summed E-state index contributed by atoms with van der Waals surface area (Å²) >= 11 is 0. The van der Waals surface area contributed by atoms with Gasteiger partial charge >= 0.3 is 11.9 Å². The largest absolute Gasteiger partial charge is 0.460 e. The van der Waals surface area contributed by atoms with Gasteiger partial charge in [0.2, 0.25) is 0 Å². The Morgan fingerprint density at radius 2 is 1.45 bits per heavy atom. The van der Waals surface area contributed by atoms with Crippen LogP contribution in [0.5, 0.6) is 0 Å². The Bertz CT molecular complexity index is 1110. The van der Waals surface area contributed by atoms with Crippen LogP contribution in [0.3, 0.4) is 0 Å². The molecule has 1 amide bonds. The Morgan fingerprint density at radius 1 is 0.868 bits per heavy atom. The minimum Gasteiger partial charge on any atom is -0.460 e.